The van der Waals surface area contributed by atoms with Gasteiger partial charge in [0.2, 0.25) is 0 Å². The molecule has 49 heavy (non-hydrogen) atoms. The smallest absolute Gasteiger partial charge is 0.297 e. The summed E-state index contributed by atoms with van der Waals surface area (Å²) < 4.78 is 30.2. The summed E-state index contributed by atoms with van der Waals surface area (Å²) in [5, 5.41) is 11.5. The zero-order chi connectivity index (χ0) is 35.2. The summed E-state index contributed by atoms with van der Waals surface area (Å²) in [4.78, 5) is 49.4. The molecule has 4 aromatic carbocycles. The molecule has 1 aromatic heterocycles. The van der Waals surface area contributed by atoms with Crippen molar-refractivity contribution in [2.45, 2.75) is 11.8 Å². The number of non-ortho nitro benzene ring substituents is 1. The van der Waals surface area contributed by atoms with Gasteiger partial charge in [0, 0.05) is 37.5 Å². The Kier molecular flexibility index (Phi) is 8.71. The molecule has 0 radical (unpaired) electrons. The van der Waals surface area contributed by atoms with Gasteiger partial charge in [-0.05, 0) is 48.9 Å². The number of nitrogens with zero attached hydrogens (tertiary/aromatic N) is 6. The highest BCUT2D eigenvalue weighted by Gasteiger charge is 2.35. The summed E-state index contributed by atoms with van der Waals surface area (Å²) in [7, 11) is -0.608. The summed E-state index contributed by atoms with van der Waals surface area (Å²) in [6.07, 6.45) is 1.62. The van der Waals surface area contributed by atoms with Crippen LogP contribution in [0.2, 0.25) is 10.0 Å². The molecule has 0 unspecified atom stereocenters. The Bertz CT molecular complexity index is 2390. The highest BCUT2D eigenvalue weighted by Crippen LogP contribution is 2.36. The van der Waals surface area contributed by atoms with E-state index in [2.05, 4.69) is 14.7 Å². The minimum atomic E-state index is -4.44. The molecule has 1 amide bonds. The number of carbonyl (C=O) groups excluding carboxylic acids is 1. The van der Waals surface area contributed by atoms with Gasteiger partial charge in [0.1, 0.15) is 11.5 Å². The molecule has 5 aromatic rings. The minimum Gasteiger partial charge on any atom is -0.378 e. The zero-order valence-electron chi connectivity index (χ0n) is 26.0. The fraction of sp³-hybridized carbons (Fsp3) is 0.0909. The van der Waals surface area contributed by atoms with Crippen molar-refractivity contribution in [3.05, 3.63) is 138 Å². The highest BCUT2D eigenvalue weighted by molar-refractivity contribution is 7.92. The van der Waals surface area contributed by atoms with E-state index in [-0.39, 0.29) is 48.9 Å². The maximum atomic E-state index is 14.2. The third-order valence-corrected chi connectivity index (χ3v) is 9.49. The Hall–Kier alpha value is -5.57. The first-order valence-corrected chi connectivity index (χ1v) is 16.7. The number of amides is 1. The normalized spacial score (nSPS) is 14.0. The molecule has 0 aliphatic carbocycles. The van der Waals surface area contributed by atoms with Crippen LogP contribution in [0.3, 0.4) is 0 Å². The summed E-state index contributed by atoms with van der Waals surface area (Å²) in [6.45, 7) is 1.54. The molecule has 6 rings (SSSR count). The molecular formula is C33H25Cl2N7O6S. The standard InChI is InChI=1S/C33H25Cl2N7O6S/c1-19-36-28-14-13-24(49(47,48)38-30-26(34)16-23(42(45)46)17-27(30)35)18-25(28)32(43)40(19)41-31(21-7-5-4-6-8-21)37-29(33(41)44)15-20-9-11-22(12-10-20)39(2)3/h4-18,38H,1-3H3. The summed E-state index contributed by atoms with van der Waals surface area (Å²) in [5.74, 6) is -0.292. The minimum absolute atomic E-state index is 0.0697. The van der Waals surface area contributed by atoms with E-state index in [1.807, 2.05) is 43.3 Å². The number of fused-ring (bicyclic) bond motifs is 1. The summed E-state index contributed by atoms with van der Waals surface area (Å²) in [6, 6.07) is 21.9. The van der Waals surface area contributed by atoms with E-state index >= 15 is 0 Å². The monoisotopic (exact) mass is 717 g/mol. The number of rotatable bonds is 8. The van der Waals surface area contributed by atoms with E-state index in [1.54, 1.807) is 43.3 Å². The third kappa shape index (κ3) is 6.36. The maximum absolute atomic E-state index is 14.2. The molecule has 1 aliphatic heterocycles. The number of aliphatic imine (C=N–C) groups is 1. The van der Waals surface area contributed by atoms with E-state index in [0.717, 1.165) is 33.6 Å². The number of benzene rings is 4. The predicted molar refractivity (Wildman–Crippen MR) is 190 cm³/mol. The predicted octanol–water partition coefficient (Wildman–Crippen LogP) is 5.75. The molecule has 13 nitrogen and oxygen atoms in total. The number of aryl methyl sites for hydroxylation is 1. The van der Waals surface area contributed by atoms with Gasteiger partial charge in [0.25, 0.3) is 27.2 Å². The average Bonchev–Trinajstić information content (AvgIpc) is 3.38. The third-order valence-electron chi connectivity index (χ3n) is 7.55. The highest BCUT2D eigenvalue weighted by atomic mass is 35.5. The van der Waals surface area contributed by atoms with Crippen LogP contribution in [0.25, 0.3) is 17.0 Å². The Labute approximate surface area is 289 Å². The van der Waals surface area contributed by atoms with Crippen LogP contribution < -0.4 is 20.2 Å². The quantitative estimate of drug-likeness (QED) is 0.121. The van der Waals surface area contributed by atoms with Gasteiger partial charge in [-0.2, -0.15) is 9.69 Å². The Balaban J connectivity index is 1.44. The Morgan fingerprint density at radius 2 is 1.59 bits per heavy atom. The van der Waals surface area contributed by atoms with Gasteiger partial charge in [-0.25, -0.2) is 18.4 Å². The Morgan fingerprint density at radius 1 is 0.939 bits per heavy atom. The van der Waals surface area contributed by atoms with Gasteiger partial charge in [0.15, 0.2) is 5.84 Å². The fourth-order valence-electron chi connectivity index (χ4n) is 5.12. The fourth-order valence-corrected chi connectivity index (χ4v) is 6.93. The van der Waals surface area contributed by atoms with Crippen molar-refractivity contribution in [3.8, 4) is 0 Å². The van der Waals surface area contributed by atoms with E-state index in [0.29, 0.717) is 11.1 Å². The number of sulfonamides is 1. The van der Waals surface area contributed by atoms with Crippen LogP contribution in [0.1, 0.15) is 17.0 Å². The number of hydrogen-bond acceptors (Lipinski definition) is 9. The van der Waals surface area contributed by atoms with E-state index in [4.69, 9.17) is 23.2 Å². The molecule has 16 heteroatoms. The lowest BCUT2D eigenvalue weighted by molar-refractivity contribution is -0.384. The number of amidine groups is 1. The lowest BCUT2D eigenvalue weighted by Gasteiger charge is -2.22. The van der Waals surface area contributed by atoms with Gasteiger partial charge in [-0.15, -0.1) is 0 Å². The van der Waals surface area contributed by atoms with Crippen LogP contribution in [-0.4, -0.2) is 48.8 Å². The van der Waals surface area contributed by atoms with Crippen molar-refractivity contribution < 1.29 is 18.1 Å². The first-order chi connectivity index (χ1) is 23.2. The zero-order valence-corrected chi connectivity index (χ0v) is 28.3. The van der Waals surface area contributed by atoms with Crippen molar-refractivity contribution >= 4 is 79.0 Å². The van der Waals surface area contributed by atoms with Crippen molar-refractivity contribution in [2.75, 3.05) is 28.7 Å². The molecule has 1 aliphatic rings. The van der Waals surface area contributed by atoms with E-state index < -0.39 is 32.1 Å². The van der Waals surface area contributed by atoms with Crippen LogP contribution in [0.4, 0.5) is 17.1 Å². The number of hydrogen-bond donors (Lipinski definition) is 1. The van der Waals surface area contributed by atoms with E-state index in [1.165, 1.54) is 12.1 Å². The lowest BCUT2D eigenvalue weighted by atomic mass is 10.1. The molecule has 248 valence electrons. The molecule has 0 fully saturated rings. The summed E-state index contributed by atoms with van der Waals surface area (Å²) >= 11 is 12.3. The molecular weight excluding hydrogens is 693 g/mol. The van der Waals surface area contributed by atoms with Gasteiger partial charge in [-0.1, -0.05) is 65.7 Å². The summed E-state index contributed by atoms with van der Waals surface area (Å²) in [5.41, 5.74) is 1.02. The SMILES string of the molecule is Cc1nc2ccc(S(=O)(=O)Nc3c(Cl)cc([N+](=O)[O-])cc3Cl)cc2c(=O)n1N1C(=O)C(=Cc2ccc(N(C)C)cc2)N=C1c1ccccc1. The molecule has 0 saturated carbocycles. The van der Waals surface area contributed by atoms with E-state index in [9.17, 15) is 28.1 Å². The number of nitrogens with one attached hydrogen (secondary N) is 1. The lowest BCUT2D eigenvalue weighted by Crippen LogP contribution is -2.49. The van der Waals surface area contributed by atoms with Gasteiger partial charge in [-0.3, -0.25) is 24.4 Å². The topological polar surface area (TPSA) is 160 Å². The molecule has 0 saturated heterocycles. The second-order valence-corrected chi connectivity index (χ2v) is 13.5. The number of carbonyl (C=O) groups is 1. The first kappa shape index (κ1) is 33.3. The second kappa shape index (κ2) is 12.8. The maximum Gasteiger partial charge on any atom is 0.297 e. The molecule has 0 atom stereocenters. The van der Waals surface area contributed by atoms with Crippen molar-refractivity contribution in [2.24, 2.45) is 4.99 Å². The number of aromatic nitrogens is 2. The number of nitro groups is 1. The van der Waals surface area contributed by atoms with Crippen LogP contribution >= 0.6 is 23.2 Å². The molecule has 1 N–H and O–H groups in total. The first-order valence-electron chi connectivity index (χ1n) is 14.4. The average molecular weight is 719 g/mol. The largest absolute Gasteiger partial charge is 0.378 e. The van der Waals surface area contributed by atoms with Gasteiger partial charge in [0.05, 0.1) is 36.5 Å². The molecule has 0 bridgehead atoms. The second-order valence-electron chi connectivity index (χ2n) is 11.0. The van der Waals surface area contributed by atoms with Crippen LogP contribution in [0.5, 0.6) is 0 Å². The molecule has 2 heterocycles. The number of anilines is 2. The van der Waals surface area contributed by atoms with Crippen molar-refractivity contribution in [1.29, 1.82) is 0 Å². The number of nitro benzene ring substituents is 1. The van der Waals surface area contributed by atoms with Crippen LogP contribution in [0.15, 0.2) is 105 Å². The Morgan fingerprint density at radius 3 is 2.20 bits per heavy atom. The molecule has 0 spiro atoms. The van der Waals surface area contributed by atoms with Crippen molar-refractivity contribution in [3.63, 3.8) is 0 Å². The number of halogens is 2. The van der Waals surface area contributed by atoms with Crippen LogP contribution in [0, 0.1) is 17.0 Å². The van der Waals surface area contributed by atoms with Crippen molar-refractivity contribution in [1.82, 2.24) is 9.66 Å². The van der Waals surface area contributed by atoms with Gasteiger partial charge < -0.3 is 4.90 Å². The van der Waals surface area contributed by atoms with Crippen LogP contribution in [-0.2, 0) is 14.8 Å². The van der Waals surface area contributed by atoms with Gasteiger partial charge >= 0.3 is 0 Å².